The lowest BCUT2D eigenvalue weighted by Gasteiger charge is -2.17. The van der Waals surface area contributed by atoms with Crippen molar-refractivity contribution in [2.45, 2.75) is 25.3 Å². The number of likely N-dealkylation sites (tertiary alicyclic amines) is 1. The van der Waals surface area contributed by atoms with E-state index in [0.29, 0.717) is 16.7 Å². The molecule has 22 heavy (non-hydrogen) atoms. The van der Waals surface area contributed by atoms with Gasteiger partial charge in [-0.1, -0.05) is 6.08 Å². The van der Waals surface area contributed by atoms with Crippen LogP contribution >= 0.6 is 11.3 Å². The van der Waals surface area contributed by atoms with E-state index in [-0.39, 0.29) is 11.4 Å². The smallest absolute Gasteiger partial charge is 0.346 e. The molecule has 2 rings (SSSR count). The number of carboxylic acids is 1. The first-order chi connectivity index (χ1) is 10.3. The molecule has 1 aliphatic rings. The van der Waals surface area contributed by atoms with Gasteiger partial charge in [0.1, 0.15) is 11.2 Å². The topological polar surface area (TPSA) is 74.7 Å². The molecule has 1 aliphatic heterocycles. The summed E-state index contributed by atoms with van der Waals surface area (Å²) in [5.41, 5.74) is 0.603. The number of aromatic carboxylic acids is 1. The molecule has 0 bridgehead atoms. The van der Waals surface area contributed by atoms with Crippen molar-refractivity contribution in [3.8, 4) is 0 Å². The zero-order valence-corrected chi connectivity index (χ0v) is 12.4. The molecule has 118 valence electrons. The van der Waals surface area contributed by atoms with Gasteiger partial charge >= 0.3 is 11.9 Å². The van der Waals surface area contributed by atoms with Gasteiger partial charge in [0.25, 0.3) is 5.91 Å². The number of thiophene rings is 1. The molecule has 2 heterocycles. The average molecular weight is 329 g/mol. The molecular weight excluding hydrogens is 316 g/mol. The van der Waals surface area contributed by atoms with Crippen LogP contribution in [0, 0.1) is 6.92 Å². The van der Waals surface area contributed by atoms with Gasteiger partial charge < -0.3 is 14.8 Å². The number of hydrogen-bond acceptors (Lipinski definition) is 4. The third-order valence-corrected chi connectivity index (χ3v) is 4.50. The summed E-state index contributed by atoms with van der Waals surface area (Å²) in [4.78, 5) is 34.9. The van der Waals surface area contributed by atoms with Crippen LogP contribution in [0.2, 0.25) is 0 Å². The molecule has 0 spiro atoms. The van der Waals surface area contributed by atoms with Crippen LogP contribution in [0.3, 0.4) is 0 Å². The molecule has 0 radical (unpaired) electrons. The number of rotatable bonds is 5. The second-order valence-corrected chi connectivity index (χ2v) is 6.02. The molecule has 1 fully saturated rings. The minimum Gasteiger partial charge on any atom is -0.477 e. The summed E-state index contributed by atoms with van der Waals surface area (Å²) in [6, 6.07) is 0.522. The number of aldehydes is 1. The molecule has 0 aromatic carbocycles. The Labute approximate surface area is 128 Å². The minimum atomic E-state index is -3.50. The summed E-state index contributed by atoms with van der Waals surface area (Å²) in [6.07, 6.45) is 2.55. The molecule has 8 heteroatoms. The summed E-state index contributed by atoms with van der Waals surface area (Å²) >= 11 is 1.05. The highest BCUT2D eigenvalue weighted by Crippen LogP contribution is 2.32. The van der Waals surface area contributed by atoms with Crippen LogP contribution in [0.4, 0.5) is 8.78 Å². The quantitative estimate of drug-likeness (QED) is 0.841. The van der Waals surface area contributed by atoms with E-state index in [0.717, 1.165) is 16.2 Å². The maximum absolute atomic E-state index is 13.3. The van der Waals surface area contributed by atoms with E-state index < -0.39 is 30.3 Å². The number of halogens is 2. The molecule has 1 N–H and O–H groups in total. The molecule has 1 amide bonds. The number of hydrogen-bond donors (Lipinski definition) is 1. The van der Waals surface area contributed by atoms with E-state index in [4.69, 9.17) is 5.11 Å². The van der Waals surface area contributed by atoms with Gasteiger partial charge in [0.05, 0.1) is 6.04 Å². The lowest BCUT2D eigenvalue weighted by Crippen LogP contribution is -2.37. The molecular formula is C14H13F2NO4S. The molecule has 0 unspecified atom stereocenters. The van der Waals surface area contributed by atoms with Crippen LogP contribution < -0.4 is 0 Å². The Morgan fingerprint density at radius 3 is 2.82 bits per heavy atom. The molecule has 5 nitrogen and oxygen atoms in total. The standard InChI is InChI=1S/C14H13F2NO4S/c1-8-5-10(22-11(8)12(19)20)3-2-4-17-9(7-18)6-14(15,16)13(17)21/h2-3,5,7,9H,4,6H2,1H3,(H,19,20)/t9-/m1/s1. The Morgan fingerprint density at radius 1 is 1.59 bits per heavy atom. The molecule has 1 aromatic rings. The monoisotopic (exact) mass is 329 g/mol. The summed E-state index contributed by atoms with van der Waals surface area (Å²) < 4.78 is 26.6. The van der Waals surface area contributed by atoms with Crippen molar-refractivity contribution in [3.63, 3.8) is 0 Å². The first-order valence-corrected chi connectivity index (χ1v) is 7.22. The first kappa shape index (κ1) is 16.3. The van der Waals surface area contributed by atoms with Gasteiger partial charge in [0.15, 0.2) is 0 Å². The average Bonchev–Trinajstić information content (AvgIpc) is 2.91. The third-order valence-electron chi connectivity index (χ3n) is 3.31. The number of carboxylic acid groups (broad SMARTS) is 1. The Hall–Kier alpha value is -2.09. The zero-order valence-electron chi connectivity index (χ0n) is 11.6. The number of aryl methyl sites for hydroxylation is 1. The molecule has 0 saturated carbocycles. The number of carbonyl (C=O) groups is 3. The van der Waals surface area contributed by atoms with Gasteiger partial charge in [-0.05, 0) is 24.6 Å². The van der Waals surface area contributed by atoms with E-state index in [1.807, 2.05) is 0 Å². The fraction of sp³-hybridized carbons (Fsp3) is 0.357. The van der Waals surface area contributed by atoms with Crippen molar-refractivity contribution in [1.29, 1.82) is 0 Å². The highest BCUT2D eigenvalue weighted by molar-refractivity contribution is 7.15. The second-order valence-electron chi connectivity index (χ2n) is 4.94. The van der Waals surface area contributed by atoms with Crippen LogP contribution in [-0.2, 0) is 9.59 Å². The Balaban J connectivity index is 2.09. The Kier molecular flexibility index (Phi) is 4.41. The third kappa shape index (κ3) is 3.06. The fourth-order valence-electron chi connectivity index (χ4n) is 2.24. The van der Waals surface area contributed by atoms with Crippen molar-refractivity contribution in [2.75, 3.05) is 6.54 Å². The van der Waals surface area contributed by atoms with Crippen molar-refractivity contribution in [3.05, 3.63) is 27.5 Å². The largest absolute Gasteiger partial charge is 0.477 e. The van der Waals surface area contributed by atoms with Gasteiger partial charge in [-0.25, -0.2) is 4.79 Å². The van der Waals surface area contributed by atoms with Gasteiger partial charge in [0, 0.05) is 17.8 Å². The van der Waals surface area contributed by atoms with E-state index in [1.54, 1.807) is 19.1 Å². The fourth-order valence-corrected chi connectivity index (χ4v) is 3.19. The number of nitrogens with zero attached hydrogens (tertiary/aromatic N) is 1. The molecule has 1 aromatic heterocycles. The molecule has 0 aliphatic carbocycles. The SMILES string of the molecule is Cc1cc(C=CCN2C(=O)C(F)(F)C[C@@H]2C=O)sc1C(=O)O. The maximum Gasteiger partial charge on any atom is 0.346 e. The first-order valence-electron chi connectivity index (χ1n) is 6.40. The van der Waals surface area contributed by atoms with Crippen molar-refractivity contribution >= 4 is 35.6 Å². The summed E-state index contributed by atoms with van der Waals surface area (Å²) in [5, 5.41) is 8.95. The Morgan fingerprint density at radius 2 is 2.27 bits per heavy atom. The van der Waals surface area contributed by atoms with Crippen LogP contribution in [0.25, 0.3) is 6.08 Å². The van der Waals surface area contributed by atoms with E-state index in [9.17, 15) is 23.2 Å². The van der Waals surface area contributed by atoms with Crippen LogP contribution in [0.5, 0.6) is 0 Å². The van der Waals surface area contributed by atoms with Crippen LogP contribution in [-0.4, -0.2) is 46.7 Å². The minimum absolute atomic E-state index is 0.128. The lowest BCUT2D eigenvalue weighted by atomic mass is 10.2. The number of carbonyl (C=O) groups excluding carboxylic acids is 2. The predicted octanol–water partition coefficient (Wildman–Crippen LogP) is 2.20. The highest BCUT2D eigenvalue weighted by atomic mass is 32.1. The highest BCUT2D eigenvalue weighted by Gasteiger charge is 2.52. The summed E-state index contributed by atoms with van der Waals surface area (Å²) in [5.74, 6) is -5.89. The van der Waals surface area contributed by atoms with Crippen LogP contribution in [0.1, 0.15) is 26.5 Å². The predicted molar refractivity (Wildman–Crippen MR) is 76.2 cm³/mol. The lowest BCUT2D eigenvalue weighted by molar-refractivity contribution is -0.147. The summed E-state index contributed by atoms with van der Waals surface area (Å²) in [6.45, 7) is 1.53. The van der Waals surface area contributed by atoms with E-state index in [1.165, 1.54) is 6.08 Å². The van der Waals surface area contributed by atoms with Crippen molar-refractivity contribution < 1.29 is 28.3 Å². The second kappa shape index (κ2) is 5.96. The molecule has 1 saturated heterocycles. The maximum atomic E-state index is 13.3. The summed E-state index contributed by atoms with van der Waals surface area (Å²) in [7, 11) is 0. The molecule has 1 atom stereocenters. The normalized spacial score (nSPS) is 20.8. The van der Waals surface area contributed by atoms with Crippen molar-refractivity contribution in [1.82, 2.24) is 4.90 Å². The van der Waals surface area contributed by atoms with Crippen molar-refractivity contribution in [2.24, 2.45) is 0 Å². The van der Waals surface area contributed by atoms with Gasteiger partial charge in [-0.3, -0.25) is 4.79 Å². The van der Waals surface area contributed by atoms with Gasteiger partial charge in [0.2, 0.25) is 0 Å². The van der Waals surface area contributed by atoms with Gasteiger partial charge in [-0.15, -0.1) is 11.3 Å². The van der Waals surface area contributed by atoms with E-state index >= 15 is 0 Å². The van der Waals surface area contributed by atoms with Crippen LogP contribution in [0.15, 0.2) is 12.1 Å². The number of amides is 1. The zero-order chi connectivity index (χ0) is 16.5. The Bertz CT molecular complexity index is 653. The van der Waals surface area contributed by atoms with Gasteiger partial charge in [-0.2, -0.15) is 8.78 Å². The number of alkyl halides is 2. The van der Waals surface area contributed by atoms with E-state index in [2.05, 4.69) is 0 Å².